The monoisotopic (exact) mass is 318 g/mol. The van der Waals surface area contributed by atoms with Crippen LogP contribution in [-0.4, -0.2) is 47.1 Å². The number of aliphatic hydroxyl groups excluding tert-OH is 3. The molecule has 130 valence electrons. The number of unbranched alkanes of at least 4 members (excludes halogenated alkanes) is 3. The first kappa shape index (κ1) is 21.0. The van der Waals surface area contributed by atoms with E-state index in [0.29, 0.717) is 57.8 Å². The number of esters is 2. The highest BCUT2D eigenvalue weighted by molar-refractivity contribution is 5.87. The second-order valence-corrected chi connectivity index (χ2v) is 5.70. The van der Waals surface area contributed by atoms with Gasteiger partial charge in [0.1, 0.15) is 0 Å². The van der Waals surface area contributed by atoms with E-state index in [9.17, 15) is 9.59 Å². The van der Waals surface area contributed by atoms with Crippen LogP contribution >= 0.6 is 0 Å². The van der Waals surface area contributed by atoms with Gasteiger partial charge < -0.3 is 20.1 Å². The summed E-state index contributed by atoms with van der Waals surface area (Å²) in [6.45, 7) is 1.39. The molecule has 0 aliphatic heterocycles. The number of rotatable bonds is 13. The van der Waals surface area contributed by atoms with Gasteiger partial charge in [-0.25, -0.2) is 0 Å². The van der Waals surface area contributed by atoms with Crippen molar-refractivity contribution in [3.8, 4) is 0 Å². The van der Waals surface area contributed by atoms with E-state index < -0.39 is 17.4 Å². The van der Waals surface area contributed by atoms with Crippen LogP contribution < -0.4 is 0 Å². The SMILES string of the molecule is CC(=O)OC(=O)C(CCCCO)(CCCCO)CCCCO. The summed E-state index contributed by atoms with van der Waals surface area (Å²) >= 11 is 0. The van der Waals surface area contributed by atoms with Crippen molar-refractivity contribution in [2.24, 2.45) is 5.41 Å². The molecule has 0 spiro atoms. The predicted molar refractivity (Wildman–Crippen MR) is 82.0 cm³/mol. The molecular weight excluding hydrogens is 288 g/mol. The average molecular weight is 318 g/mol. The van der Waals surface area contributed by atoms with Crippen molar-refractivity contribution >= 4 is 11.9 Å². The maximum Gasteiger partial charge on any atom is 0.319 e. The molecule has 0 saturated carbocycles. The third-order valence-corrected chi connectivity index (χ3v) is 3.86. The van der Waals surface area contributed by atoms with E-state index in [4.69, 9.17) is 20.1 Å². The molecule has 0 heterocycles. The molecule has 3 N–H and O–H groups in total. The molecule has 0 aromatic heterocycles. The molecule has 0 radical (unpaired) electrons. The van der Waals surface area contributed by atoms with Crippen molar-refractivity contribution in [3.63, 3.8) is 0 Å². The van der Waals surface area contributed by atoms with Gasteiger partial charge in [-0.3, -0.25) is 9.59 Å². The third-order valence-electron chi connectivity index (χ3n) is 3.86. The number of ether oxygens (including phenoxy) is 1. The minimum atomic E-state index is -0.773. The van der Waals surface area contributed by atoms with Crippen LogP contribution in [0.5, 0.6) is 0 Å². The standard InChI is InChI=1S/C16H30O6/c1-14(20)22-15(21)16(8-2-5-11-17,9-3-6-12-18)10-4-7-13-19/h17-19H,2-13H2,1H3. The van der Waals surface area contributed by atoms with Crippen LogP contribution in [0.3, 0.4) is 0 Å². The highest BCUT2D eigenvalue weighted by atomic mass is 16.6. The van der Waals surface area contributed by atoms with Gasteiger partial charge in [0.25, 0.3) is 0 Å². The quantitative estimate of drug-likeness (QED) is 0.270. The summed E-state index contributed by atoms with van der Waals surface area (Å²) in [6.07, 6.45) is 5.40. The summed E-state index contributed by atoms with van der Waals surface area (Å²) in [5.74, 6) is -1.14. The number of hydrogen-bond donors (Lipinski definition) is 3. The van der Waals surface area contributed by atoms with Crippen LogP contribution in [0.25, 0.3) is 0 Å². The number of carbonyl (C=O) groups excluding carboxylic acids is 2. The van der Waals surface area contributed by atoms with Crippen molar-refractivity contribution in [2.75, 3.05) is 19.8 Å². The van der Waals surface area contributed by atoms with Gasteiger partial charge in [0.2, 0.25) is 0 Å². The molecule has 0 saturated heterocycles. The Kier molecular flexibility index (Phi) is 12.0. The Labute approximate surface area is 132 Å². The summed E-state index contributed by atoms with van der Waals surface area (Å²) in [5.41, 5.74) is -0.773. The molecule has 0 aromatic carbocycles. The van der Waals surface area contributed by atoms with Gasteiger partial charge >= 0.3 is 11.9 Å². The summed E-state index contributed by atoms with van der Waals surface area (Å²) in [5, 5.41) is 26.8. The van der Waals surface area contributed by atoms with Crippen LogP contribution in [0.1, 0.15) is 64.7 Å². The Hall–Kier alpha value is -0.980. The van der Waals surface area contributed by atoms with Gasteiger partial charge in [-0.05, 0) is 38.5 Å². The zero-order valence-corrected chi connectivity index (χ0v) is 13.6. The van der Waals surface area contributed by atoms with E-state index >= 15 is 0 Å². The molecule has 6 heteroatoms. The molecule has 0 unspecified atom stereocenters. The van der Waals surface area contributed by atoms with Gasteiger partial charge in [-0.2, -0.15) is 0 Å². The molecule has 0 aliphatic carbocycles. The van der Waals surface area contributed by atoms with Gasteiger partial charge in [0.05, 0.1) is 5.41 Å². The van der Waals surface area contributed by atoms with Crippen LogP contribution in [0.4, 0.5) is 0 Å². The zero-order chi connectivity index (χ0) is 16.8. The molecule has 0 atom stereocenters. The molecule has 0 aromatic rings. The van der Waals surface area contributed by atoms with Crippen molar-refractivity contribution in [1.82, 2.24) is 0 Å². The Morgan fingerprint density at radius 1 is 0.773 bits per heavy atom. The molecule has 0 bridgehead atoms. The van der Waals surface area contributed by atoms with Crippen LogP contribution in [0.15, 0.2) is 0 Å². The van der Waals surface area contributed by atoms with Gasteiger partial charge in [-0.1, -0.05) is 19.3 Å². The van der Waals surface area contributed by atoms with Crippen molar-refractivity contribution < 1.29 is 29.6 Å². The van der Waals surface area contributed by atoms with Gasteiger partial charge in [0, 0.05) is 26.7 Å². The van der Waals surface area contributed by atoms with Crippen LogP contribution in [0.2, 0.25) is 0 Å². The second kappa shape index (κ2) is 12.6. The molecule has 0 amide bonds. The number of hydrogen-bond acceptors (Lipinski definition) is 6. The van der Waals surface area contributed by atoms with Crippen molar-refractivity contribution in [2.45, 2.75) is 64.7 Å². The number of aliphatic hydroxyl groups is 3. The van der Waals surface area contributed by atoms with E-state index in [1.807, 2.05) is 0 Å². The fraction of sp³-hybridized carbons (Fsp3) is 0.875. The molecule has 0 rings (SSSR count). The van der Waals surface area contributed by atoms with Crippen molar-refractivity contribution in [3.05, 3.63) is 0 Å². The van der Waals surface area contributed by atoms with Crippen LogP contribution in [-0.2, 0) is 14.3 Å². The molecule has 6 nitrogen and oxygen atoms in total. The lowest BCUT2D eigenvalue weighted by atomic mass is 9.74. The van der Waals surface area contributed by atoms with E-state index in [0.717, 1.165) is 0 Å². The summed E-state index contributed by atoms with van der Waals surface area (Å²) in [6, 6.07) is 0. The minimum absolute atomic E-state index is 0.0606. The van der Waals surface area contributed by atoms with Crippen molar-refractivity contribution in [1.29, 1.82) is 0 Å². The Morgan fingerprint density at radius 3 is 1.41 bits per heavy atom. The molecule has 0 fully saturated rings. The Balaban J connectivity index is 4.99. The van der Waals surface area contributed by atoms with Crippen LogP contribution in [0, 0.1) is 5.41 Å². The predicted octanol–water partition coefficient (Wildman–Crippen LogP) is 1.55. The first-order chi connectivity index (χ1) is 10.5. The fourth-order valence-corrected chi connectivity index (χ4v) is 2.65. The summed E-state index contributed by atoms with van der Waals surface area (Å²) in [7, 11) is 0. The second-order valence-electron chi connectivity index (χ2n) is 5.70. The largest absolute Gasteiger partial charge is 0.396 e. The lowest BCUT2D eigenvalue weighted by Gasteiger charge is -2.31. The summed E-state index contributed by atoms with van der Waals surface area (Å²) in [4.78, 5) is 23.6. The minimum Gasteiger partial charge on any atom is -0.396 e. The van der Waals surface area contributed by atoms with E-state index in [1.54, 1.807) is 0 Å². The molecular formula is C16H30O6. The maximum absolute atomic E-state index is 12.4. The molecule has 22 heavy (non-hydrogen) atoms. The van der Waals surface area contributed by atoms with E-state index in [1.165, 1.54) is 6.92 Å². The lowest BCUT2D eigenvalue weighted by Crippen LogP contribution is -2.34. The first-order valence-corrected chi connectivity index (χ1v) is 8.08. The van der Waals surface area contributed by atoms with Gasteiger partial charge in [0.15, 0.2) is 0 Å². The third kappa shape index (κ3) is 8.46. The Bertz CT molecular complexity index is 289. The smallest absolute Gasteiger partial charge is 0.319 e. The molecule has 0 aliphatic rings. The highest BCUT2D eigenvalue weighted by Gasteiger charge is 2.39. The lowest BCUT2D eigenvalue weighted by molar-refractivity contribution is -0.167. The van der Waals surface area contributed by atoms with E-state index in [-0.39, 0.29) is 19.8 Å². The Morgan fingerprint density at radius 2 is 1.14 bits per heavy atom. The van der Waals surface area contributed by atoms with Gasteiger partial charge in [-0.15, -0.1) is 0 Å². The normalized spacial score (nSPS) is 11.5. The summed E-state index contributed by atoms with van der Waals surface area (Å²) < 4.78 is 4.84. The topological polar surface area (TPSA) is 104 Å². The zero-order valence-electron chi connectivity index (χ0n) is 13.6. The van der Waals surface area contributed by atoms with E-state index in [2.05, 4.69) is 0 Å². The maximum atomic E-state index is 12.4. The highest BCUT2D eigenvalue weighted by Crippen LogP contribution is 2.38. The number of carbonyl (C=O) groups is 2. The fourth-order valence-electron chi connectivity index (χ4n) is 2.65. The average Bonchev–Trinajstić information content (AvgIpc) is 2.46. The first-order valence-electron chi connectivity index (χ1n) is 8.08.